The van der Waals surface area contributed by atoms with Crippen molar-refractivity contribution in [3.63, 3.8) is 0 Å². The van der Waals surface area contributed by atoms with E-state index in [-0.39, 0.29) is 5.82 Å². The second kappa shape index (κ2) is 6.53. The number of hydrogen-bond donors (Lipinski definition) is 2. The predicted molar refractivity (Wildman–Crippen MR) is 80.4 cm³/mol. The fourth-order valence-electron chi connectivity index (χ4n) is 2.28. The van der Waals surface area contributed by atoms with Gasteiger partial charge in [0.25, 0.3) is 0 Å². The van der Waals surface area contributed by atoms with Crippen molar-refractivity contribution >= 4 is 5.69 Å². The largest absolute Gasteiger partial charge is 0.388 e. The number of aliphatic hydroxyl groups excluding tert-OH is 1. The van der Waals surface area contributed by atoms with Crippen LogP contribution >= 0.6 is 0 Å². The molecule has 0 saturated heterocycles. The zero-order valence-electron chi connectivity index (χ0n) is 11.9. The van der Waals surface area contributed by atoms with Crippen LogP contribution in [0.15, 0.2) is 42.5 Å². The van der Waals surface area contributed by atoms with E-state index in [4.69, 9.17) is 0 Å². The number of halogens is 1. The molecule has 2 nitrogen and oxygen atoms in total. The average Bonchev–Trinajstić information content (AvgIpc) is 2.38. The lowest BCUT2D eigenvalue weighted by Gasteiger charge is -2.13. The summed E-state index contributed by atoms with van der Waals surface area (Å²) in [4.78, 5) is 0. The Morgan fingerprint density at radius 3 is 2.25 bits per heavy atom. The van der Waals surface area contributed by atoms with Crippen molar-refractivity contribution in [3.05, 3.63) is 65.0 Å². The molecule has 0 fully saturated rings. The summed E-state index contributed by atoms with van der Waals surface area (Å²) in [6.07, 6.45) is 0.00697. The molecule has 0 aliphatic rings. The molecule has 0 aliphatic heterocycles. The summed E-state index contributed by atoms with van der Waals surface area (Å²) in [5.41, 5.74) is 4.24. The molecule has 20 heavy (non-hydrogen) atoms. The molecule has 2 aromatic carbocycles. The monoisotopic (exact) mass is 273 g/mol. The van der Waals surface area contributed by atoms with Gasteiger partial charge in [-0.15, -0.1) is 0 Å². The number of rotatable bonds is 5. The van der Waals surface area contributed by atoms with E-state index in [9.17, 15) is 9.50 Å². The minimum atomic E-state index is -0.575. The van der Waals surface area contributed by atoms with Gasteiger partial charge in [0.1, 0.15) is 5.82 Å². The molecule has 1 atom stereocenters. The number of aliphatic hydroxyl groups is 1. The zero-order valence-corrected chi connectivity index (χ0v) is 11.9. The lowest BCUT2D eigenvalue weighted by molar-refractivity contribution is 0.171. The van der Waals surface area contributed by atoms with Crippen LogP contribution < -0.4 is 5.32 Å². The van der Waals surface area contributed by atoms with Gasteiger partial charge in [-0.05, 0) is 61.2 Å². The first kappa shape index (κ1) is 14.5. The third kappa shape index (κ3) is 4.07. The molecule has 0 bridgehead atoms. The Balaban J connectivity index is 1.87. The van der Waals surface area contributed by atoms with Crippen LogP contribution in [-0.2, 0) is 0 Å². The van der Waals surface area contributed by atoms with E-state index in [1.807, 2.05) is 0 Å². The summed E-state index contributed by atoms with van der Waals surface area (Å²) >= 11 is 0. The van der Waals surface area contributed by atoms with Gasteiger partial charge >= 0.3 is 0 Å². The quantitative estimate of drug-likeness (QED) is 0.863. The van der Waals surface area contributed by atoms with Gasteiger partial charge in [0, 0.05) is 12.2 Å². The molecule has 2 aromatic rings. The number of benzene rings is 2. The Labute approximate surface area is 119 Å². The minimum absolute atomic E-state index is 0.283. The van der Waals surface area contributed by atoms with Crippen LogP contribution in [0.2, 0.25) is 0 Å². The highest BCUT2D eigenvalue weighted by atomic mass is 19.1. The van der Waals surface area contributed by atoms with Crippen LogP contribution in [0, 0.1) is 19.7 Å². The van der Waals surface area contributed by atoms with Crippen LogP contribution in [0.25, 0.3) is 0 Å². The molecule has 2 rings (SSSR count). The molecule has 3 heteroatoms. The molecular weight excluding hydrogens is 253 g/mol. The van der Waals surface area contributed by atoms with Crippen molar-refractivity contribution in [2.24, 2.45) is 0 Å². The summed E-state index contributed by atoms with van der Waals surface area (Å²) < 4.78 is 12.8. The summed E-state index contributed by atoms with van der Waals surface area (Å²) in [7, 11) is 0. The first-order valence-electron chi connectivity index (χ1n) is 6.80. The van der Waals surface area contributed by atoms with E-state index in [1.54, 1.807) is 12.1 Å². The predicted octanol–water partition coefficient (Wildman–Crippen LogP) is 3.98. The second-order valence-corrected chi connectivity index (χ2v) is 5.16. The summed E-state index contributed by atoms with van der Waals surface area (Å²) in [5, 5.41) is 13.3. The molecule has 0 aromatic heterocycles. The minimum Gasteiger partial charge on any atom is -0.388 e. The number of nitrogens with one attached hydrogen (secondary N) is 1. The molecule has 1 unspecified atom stereocenters. The number of anilines is 1. The van der Waals surface area contributed by atoms with Gasteiger partial charge in [-0.25, -0.2) is 4.39 Å². The molecule has 0 saturated carbocycles. The normalized spacial score (nSPS) is 12.2. The van der Waals surface area contributed by atoms with E-state index in [0.29, 0.717) is 13.0 Å². The Bertz CT molecular complexity index is 545. The van der Waals surface area contributed by atoms with E-state index in [0.717, 1.165) is 11.3 Å². The first-order valence-corrected chi connectivity index (χ1v) is 6.80. The average molecular weight is 273 g/mol. The molecule has 0 heterocycles. The lowest BCUT2D eigenvalue weighted by atomic mass is 10.1. The molecule has 0 spiro atoms. The van der Waals surface area contributed by atoms with Crippen LogP contribution in [0.5, 0.6) is 0 Å². The Kier molecular flexibility index (Phi) is 4.74. The first-order chi connectivity index (χ1) is 9.54. The summed E-state index contributed by atoms with van der Waals surface area (Å²) in [6.45, 7) is 4.79. The van der Waals surface area contributed by atoms with Crippen LogP contribution in [0.1, 0.15) is 29.2 Å². The fourth-order valence-corrected chi connectivity index (χ4v) is 2.28. The fraction of sp³-hybridized carbons (Fsp3) is 0.294. The van der Waals surface area contributed by atoms with E-state index in [2.05, 4.69) is 37.4 Å². The maximum absolute atomic E-state index is 12.8. The van der Waals surface area contributed by atoms with Gasteiger partial charge in [-0.3, -0.25) is 0 Å². The van der Waals surface area contributed by atoms with Crippen molar-refractivity contribution in [2.75, 3.05) is 11.9 Å². The highest BCUT2D eigenvalue weighted by Crippen LogP contribution is 2.18. The van der Waals surface area contributed by atoms with Crippen molar-refractivity contribution in [1.29, 1.82) is 0 Å². The Morgan fingerprint density at radius 1 is 1.05 bits per heavy atom. The third-order valence-corrected chi connectivity index (χ3v) is 3.22. The maximum Gasteiger partial charge on any atom is 0.123 e. The van der Waals surface area contributed by atoms with Gasteiger partial charge in [0.2, 0.25) is 0 Å². The smallest absolute Gasteiger partial charge is 0.123 e. The van der Waals surface area contributed by atoms with E-state index in [1.165, 1.54) is 23.3 Å². The van der Waals surface area contributed by atoms with Gasteiger partial charge in [-0.1, -0.05) is 18.2 Å². The summed E-state index contributed by atoms with van der Waals surface area (Å²) in [5.74, 6) is -0.283. The maximum atomic E-state index is 12.8. The molecule has 0 aliphatic carbocycles. The standard InChI is InChI=1S/C17H20FNO/c1-12-9-13(2)11-16(10-12)19-8-7-17(20)14-3-5-15(18)6-4-14/h3-6,9-11,17,19-20H,7-8H2,1-2H3. The van der Waals surface area contributed by atoms with Gasteiger partial charge < -0.3 is 10.4 Å². The highest BCUT2D eigenvalue weighted by Gasteiger charge is 2.07. The zero-order chi connectivity index (χ0) is 14.5. The third-order valence-electron chi connectivity index (χ3n) is 3.22. The van der Waals surface area contributed by atoms with E-state index >= 15 is 0 Å². The van der Waals surface area contributed by atoms with Crippen LogP contribution in [0.3, 0.4) is 0 Å². The lowest BCUT2D eigenvalue weighted by Crippen LogP contribution is -2.08. The Morgan fingerprint density at radius 2 is 1.65 bits per heavy atom. The molecular formula is C17H20FNO. The van der Waals surface area contributed by atoms with Crippen molar-refractivity contribution in [3.8, 4) is 0 Å². The Hall–Kier alpha value is -1.87. The van der Waals surface area contributed by atoms with Crippen LogP contribution in [0.4, 0.5) is 10.1 Å². The molecule has 0 radical (unpaired) electrons. The molecule has 0 amide bonds. The van der Waals surface area contributed by atoms with Gasteiger partial charge in [0.15, 0.2) is 0 Å². The second-order valence-electron chi connectivity index (χ2n) is 5.16. The number of hydrogen-bond acceptors (Lipinski definition) is 2. The molecule has 106 valence electrons. The number of aryl methyl sites for hydroxylation is 2. The van der Waals surface area contributed by atoms with E-state index < -0.39 is 6.10 Å². The summed E-state index contributed by atoms with van der Waals surface area (Å²) in [6, 6.07) is 12.3. The van der Waals surface area contributed by atoms with Crippen molar-refractivity contribution in [2.45, 2.75) is 26.4 Å². The topological polar surface area (TPSA) is 32.3 Å². The van der Waals surface area contributed by atoms with Crippen molar-refractivity contribution in [1.82, 2.24) is 0 Å². The van der Waals surface area contributed by atoms with Crippen molar-refractivity contribution < 1.29 is 9.50 Å². The highest BCUT2D eigenvalue weighted by molar-refractivity contribution is 5.48. The molecule has 2 N–H and O–H groups in total. The SMILES string of the molecule is Cc1cc(C)cc(NCCC(O)c2ccc(F)cc2)c1. The van der Waals surface area contributed by atoms with Gasteiger partial charge in [0.05, 0.1) is 6.10 Å². The van der Waals surface area contributed by atoms with Crippen LogP contribution in [-0.4, -0.2) is 11.7 Å². The van der Waals surface area contributed by atoms with Gasteiger partial charge in [-0.2, -0.15) is 0 Å².